The average molecular weight is 671 g/mol. The smallest absolute Gasteiger partial charge is 0.332 e. The monoisotopic (exact) mass is 670 g/mol. The first-order chi connectivity index (χ1) is 26.1. The normalized spacial score (nSPS) is 11.7. The Morgan fingerprint density at radius 3 is 1.83 bits per heavy atom. The fourth-order valence-corrected chi connectivity index (χ4v) is 8.47. The molecule has 0 spiro atoms. The molecule has 240 valence electrons. The van der Waals surface area contributed by atoms with Crippen molar-refractivity contribution in [1.29, 1.82) is 15.8 Å². The molecule has 0 atom stereocenters. The van der Waals surface area contributed by atoms with Gasteiger partial charge in [0.2, 0.25) is 0 Å². The van der Waals surface area contributed by atoms with Crippen LogP contribution in [0.5, 0.6) is 0 Å². The van der Waals surface area contributed by atoms with Crippen LogP contribution in [-0.2, 0) is 0 Å². The van der Waals surface area contributed by atoms with E-state index in [0.717, 1.165) is 60.7 Å². The van der Waals surface area contributed by atoms with Crippen molar-refractivity contribution in [3.05, 3.63) is 168 Å². The summed E-state index contributed by atoms with van der Waals surface area (Å²) in [5.41, 5.74) is 12.1. The molecule has 9 aromatic rings. The molecular weight excluding hydrogens is 647 g/mol. The maximum atomic E-state index is 10.7. The lowest BCUT2D eigenvalue weighted by atomic mass is 9.48. The van der Waals surface area contributed by atoms with E-state index in [1.165, 1.54) is 0 Å². The first kappa shape index (κ1) is 30.0. The molecule has 7 aromatic carbocycles. The summed E-state index contributed by atoms with van der Waals surface area (Å²) >= 11 is 0. The zero-order valence-corrected chi connectivity index (χ0v) is 28.0. The van der Waals surface area contributed by atoms with Gasteiger partial charge in [-0.2, -0.15) is 15.8 Å². The number of nitriles is 3. The van der Waals surface area contributed by atoms with Gasteiger partial charge in [0.15, 0.2) is 5.69 Å². The minimum absolute atomic E-state index is 0.320. The SMILES string of the molecule is [C-]#[N+]c1cc(C#N)c2c(c1)c1cc(C#N)cc(C#N)c1n2B1c2ccccc2-n2c3ccc(-c4ccccc4)cc3c3cc(-c4ccccc4)cc1c32. The predicted molar refractivity (Wildman–Crippen MR) is 212 cm³/mol. The van der Waals surface area contributed by atoms with Gasteiger partial charge in [-0.3, -0.25) is 0 Å². The summed E-state index contributed by atoms with van der Waals surface area (Å²) in [6, 6.07) is 54.0. The summed E-state index contributed by atoms with van der Waals surface area (Å²) in [6.45, 7) is 7.36. The average Bonchev–Trinajstić information content (AvgIpc) is 3.73. The van der Waals surface area contributed by atoms with Crippen LogP contribution in [0.4, 0.5) is 5.69 Å². The molecule has 1 aliphatic rings. The first-order valence-corrected chi connectivity index (χ1v) is 17.2. The van der Waals surface area contributed by atoms with Crippen molar-refractivity contribution in [2.24, 2.45) is 0 Å². The third kappa shape index (κ3) is 4.23. The second-order valence-electron chi connectivity index (χ2n) is 13.3. The van der Waals surface area contributed by atoms with Gasteiger partial charge in [0.25, 0.3) is 0 Å². The van der Waals surface area contributed by atoms with Gasteiger partial charge < -0.3 is 9.05 Å². The highest BCUT2D eigenvalue weighted by atomic mass is 15.0. The third-order valence-corrected chi connectivity index (χ3v) is 10.6. The molecule has 3 heterocycles. The van der Waals surface area contributed by atoms with Crippen molar-refractivity contribution >= 4 is 67.1 Å². The second-order valence-corrected chi connectivity index (χ2v) is 13.3. The van der Waals surface area contributed by atoms with Crippen molar-refractivity contribution < 1.29 is 0 Å². The van der Waals surface area contributed by atoms with E-state index < -0.39 is 6.85 Å². The molecule has 0 radical (unpaired) electrons. The topological polar surface area (TPSA) is 85.6 Å². The maximum Gasteiger partial charge on any atom is 0.332 e. The number of rotatable bonds is 3. The Morgan fingerprint density at radius 2 is 1.13 bits per heavy atom. The lowest BCUT2D eigenvalue weighted by molar-refractivity contribution is 1.18. The van der Waals surface area contributed by atoms with E-state index in [9.17, 15) is 15.8 Å². The van der Waals surface area contributed by atoms with Crippen LogP contribution in [-0.4, -0.2) is 15.9 Å². The molecule has 10 rings (SSSR count). The minimum atomic E-state index is -0.478. The number of para-hydroxylation sites is 1. The summed E-state index contributed by atoms with van der Waals surface area (Å²) in [5.74, 6) is 0. The van der Waals surface area contributed by atoms with Crippen LogP contribution in [0, 0.1) is 40.6 Å². The van der Waals surface area contributed by atoms with Crippen LogP contribution in [0.1, 0.15) is 16.7 Å². The second kappa shape index (κ2) is 11.3. The number of hydrogen-bond acceptors (Lipinski definition) is 3. The van der Waals surface area contributed by atoms with Gasteiger partial charge in [-0.15, -0.1) is 0 Å². The largest absolute Gasteiger partial charge is 0.374 e. The molecule has 0 fully saturated rings. The van der Waals surface area contributed by atoms with Gasteiger partial charge in [0.05, 0.1) is 57.5 Å². The lowest BCUT2D eigenvalue weighted by Crippen LogP contribution is -2.53. The Bertz CT molecular complexity index is 3130. The molecule has 2 aromatic heterocycles. The van der Waals surface area contributed by atoms with Crippen molar-refractivity contribution in [2.75, 3.05) is 0 Å². The fourth-order valence-electron chi connectivity index (χ4n) is 8.47. The first-order valence-electron chi connectivity index (χ1n) is 17.2. The Labute approximate surface area is 304 Å². The van der Waals surface area contributed by atoms with Gasteiger partial charge in [-0.05, 0) is 87.1 Å². The summed E-state index contributed by atoms with van der Waals surface area (Å²) in [4.78, 5) is 3.69. The van der Waals surface area contributed by atoms with Crippen LogP contribution in [0.25, 0.3) is 76.4 Å². The summed E-state index contributed by atoms with van der Waals surface area (Å²) in [5, 5.41) is 34.9. The van der Waals surface area contributed by atoms with E-state index in [1.54, 1.807) is 24.3 Å². The van der Waals surface area contributed by atoms with Gasteiger partial charge in [0, 0.05) is 21.8 Å². The molecule has 0 N–H and O–H groups in total. The van der Waals surface area contributed by atoms with Crippen LogP contribution in [0.3, 0.4) is 0 Å². The molecule has 7 heteroatoms. The van der Waals surface area contributed by atoms with E-state index >= 15 is 0 Å². The Morgan fingerprint density at radius 1 is 0.509 bits per heavy atom. The van der Waals surface area contributed by atoms with Gasteiger partial charge in [0.1, 0.15) is 6.07 Å². The van der Waals surface area contributed by atoms with E-state index in [0.29, 0.717) is 44.2 Å². The molecule has 0 unspecified atom stereocenters. The van der Waals surface area contributed by atoms with E-state index in [1.807, 2.05) is 36.4 Å². The quantitative estimate of drug-likeness (QED) is 0.139. The fraction of sp³-hybridized carbons (Fsp3) is 0. The Balaban J connectivity index is 1.42. The molecule has 0 bridgehead atoms. The van der Waals surface area contributed by atoms with Crippen molar-refractivity contribution in [3.8, 4) is 46.1 Å². The molecule has 0 amide bonds. The van der Waals surface area contributed by atoms with E-state index in [2.05, 4.69) is 111 Å². The van der Waals surface area contributed by atoms with Gasteiger partial charge in [-0.1, -0.05) is 91.0 Å². The minimum Gasteiger partial charge on any atom is -0.374 e. The third-order valence-electron chi connectivity index (χ3n) is 10.6. The summed E-state index contributed by atoms with van der Waals surface area (Å²) < 4.78 is 4.47. The molecule has 0 saturated heterocycles. The summed E-state index contributed by atoms with van der Waals surface area (Å²) in [6.07, 6.45) is 0. The van der Waals surface area contributed by atoms with Gasteiger partial charge in [-0.25, -0.2) is 4.85 Å². The Hall–Kier alpha value is -7.84. The zero-order chi connectivity index (χ0) is 35.8. The number of aromatic nitrogens is 2. The number of nitrogens with zero attached hydrogens (tertiary/aromatic N) is 6. The highest BCUT2D eigenvalue weighted by Gasteiger charge is 2.38. The van der Waals surface area contributed by atoms with Crippen LogP contribution in [0.15, 0.2) is 140 Å². The van der Waals surface area contributed by atoms with E-state index in [-0.39, 0.29) is 0 Å². The van der Waals surface area contributed by atoms with Crippen molar-refractivity contribution in [2.45, 2.75) is 0 Å². The van der Waals surface area contributed by atoms with Crippen LogP contribution >= 0.6 is 0 Å². The zero-order valence-electron chi connectivity index (χ0n) is 28.0. The molecule has 0 saturated carbocycles. The molecule has 0 aliphatic carbocycles. The van der Waals surface area contributed by atoms with Crippen molar-refractivity contribution in [3.63, 3.8) is 0 Å². The van der Waals surface area contributed by atoms with Crippen LogP contribution < -0.4 is 10.9 Å². The predicted octanol–water partition coefficient (Wildman–Crippen LogP) is 9.36. The molecule has 1 aliphatic heterocycles. The number of benzene rings is 7. The highest BCUT2D eigenvalue weighted by Crippen LogP contribution is 2.41. The standard InChI is InChI=1S/C46H23BN6/c1-51-35-20-34(27-50)45-39(24-35)37-19-28(25-48)18-33(26-49)44(37)53(45)47-40-14-8-9-15-43(40)52-42-17-16-31(29-10-4-2-5-11-29)21-36(42)38-22-32(23-41(47)46(38)52)30-12-6-3-7-13-30/h2-24H. The molecule has 6 nitrogen and oxygen atoms in total. The summed E-state index contributed by atoms with van der Waals surface area (Å²) in [7, 11) is 0. The lowest BCUT2D eigenvalue weighted by Gasteiger charge is -2.29. The maximum absolute atomic E-state index is 10.7. The molecule has 53 heavy (non-hydrogen) atoms. The Kier molecular flexibility index (Phi) is 6.43. The number of hydrogen-bond donors (Lipinski definition) is 0. The van der Waals surface area contributed by atoms with Gasteiger partial charge >= 0.3 is 6.85 Å². The van der Waals surface area contributed by atoms with Crippen molar-refractivity contribution in [1.82, 2.24) is 9.05 Å². The van der Waals surface area contributed by atoms with Crippen LogP contribution in [0.2, 0.25) is 0 Å². The highest BCUT2D eigenvalue weighted by molar-refractivity contribution is 6.88. The molecular formula is C46H23BN6. The number of fused-ring (bicyclic) bond motifs is 8. The van der Waals surface area contributed by atoms with E-state index in [4.69, 9.17) is 6.57 Å².